The number of hydrogen-bond acceptors (Lipinski definition) is 7. The summed E-state index contributed by atoms with van der Waals surface area (Å²) in [4.78, 5) is 63.5. The van der Waals surface area contributed by atoms with Crippen LogP contribution >= 0.6 is 0 Å². The number of rotatable bonds is 6. The first kappa shape index (κ1) is 22.9. The smallest absolute Gasteiger partial charge is 0.325 e. The number of imide groups is 1. The summed E-state index contributed by atoms with van der Waals surface area (Å²) in [6.45, 7) is 1.26. The zero-order valence-corrected chi connectivity index (χ0v) is 18.2. The molecule has 33 heavy (non-hydrogen) atoms. The Morgan fingerprint density at radius 2 is 1.70 bits per heavy atom. The van der Waals surface area contributed by atoms with Crippen molar-refractivity contribution in [3.8, 4) is 5.75 Å². The Kier molecular flexibility index (Phi) is 5.96. The summed E-state index contributed by atoms with van der Waals surface area (Å²) in [6, 6.07) is 4.98. The predicted octanol–water partition coefficient (Wildman–Crippen LogP) is 1.49. The van der Waals surface area contributed by atoms with Crippen molar-refractivity contribution in [3.05, 3.63) is 29.8 Å². The van der Waals surface area contributed by atoms with Crippen molar-refractivity contribution in [1.29, 1.82) is 0 Å². The van der Waals surface area contributed by atoms with Crippen LogP contribution in [-0.2, 0) is 24.0 Å². The normalized spacial score (nSPS) is 29.7. The molecule has 2 amide bonds. The van der Waals surface area contributed by atoms with Gasteiger partial charge in [0.25, 0.3) is 0 Å². The molecule has 3 N–H and O–H groups in total. The van der Waals surface area contributed by atoms with Crippen LogP contribution in [0.5, 0.6) is 5.75 Å². The highest BCUT2D eigenvalue weighted by atomic mass is 16.5. The van der Waals surface area contributed by atoms with Gasteiger partial charge >= 0.3 is 17.9 Å². The molecule has 2 heterocycles. The zero-order valence-electron chi connectivity index (χ0n) is 18.2. The molecule has 4 rings (SSSR count). The lowest BCUT2D eigenvalue weighted by molar-refractivity contribution is -0.156. The van der Waals surface area contributed by atoms with Crippen LogP contribution in [0.2, 0.25) is 0 Å². The fourth-order valence-corrected chi connectivity index (χ4v) is 5.59. The van der Waals surface area contributed by atoms with E-state index in [1.807, 2.05) is 0 Å². The maximum atomic E-state index is 13.5. The van der Waals surface area contributed by atoms with Crippen LogP contribution in [0.1, 0.15) is 57.1 Å². The molecule has 10 heteroatoms. The summed E-state index contributed by atoms with van der Waals surface area (Å²) in [5.74, 6) is -6.56. The van der Waals surface area contributed by atoms with E-state index >= 15 is 0 Å². The second-order valence-corrected chi connectivity index (χ2v) is 8.97. The number of ether oxygens (including phenoxy) is 1. The van der Waals surface area contributed by atoms with E-state index in [1.54, 1.807) is 12.1 Å². The molecule has 4 unspecified atom stereocenters. The average molecular weight is 458 g/mol. The molecule has 1 aromatic carbocycles. The van der Waals surface area contributed by atoms with E-state index in [4.69, 9.17) is 4.74 Å². The molecule has 1 aromatic rings. The number of carboxylic acids is 2. The molecule has 0 spiro atoms. The molecule has 0 bridgehead atoms. The van der Waals surface area contributed by atoms with Gasteiger partial charge in [-0.2, -0.15) is 0 Å². The lowest BCUT2D eigenvalue weighted by atomic mass is 9.77. The third-order valence-corrected chi connectivity index (χ3v) is 6.94. The summed E-state index contributed by atoms with van der Waals surface area (Å²) < 4.78 is 5.02. The number of hydrogen-bond donors (Lipinski definition) is 3. The molecule has 1 saturated carbocycles. The Morgan fingerprint density at radius 3 is 2.24 bits per heavy atom. The highest BCUT2D eigenvalue weighted by Crippen LogP contribution is 2.51. The molecule has 4 atom stereocenters. The number of esters is 1. The van der Waals surface area contributed by atoms with Gasteiger partial charge in [-0.1, -0.05) is 31.4 Å². The summed E-state index contributed by atoms with van der Waals surface area (Å²) in [5.41, 5.74) is -1.62. The number of carbonyl (C=O) groups is 5. The molecular weight excluding hydrogens is 432 g/mol. The van der Waals surface area contributed by atoms with Gasteiger partial charge < -0.3 is 14.9 Å². The molecule has 0 radical (unpaired) electrons. The van der Waals surface area contributed by atoms with Crippen LogP contribution in [-0.4, -0.2) is 56.4 Å². The van der Waals surface area contributed by atoms with Crippen molar-refractivity contribution in [2.24, 2.45) is 11.8 Å². The molecule has 0 aromatic heterocycles. The highest BCUT2D eigenvalue weighted by Gasteiger charge is 2.69. The van der Waals surface area contributed by atoms with E-state index in [9.17, 15) is 34.2 Å². The quantitative estimate of drug-likeness (QED) is 0.327. The molecule has 3 aliphatic rings. The van der Waals surface area contributed by atoms with E-state index in [0.717, 1.165) is 19.3 Å². The molecular formula is C23H26N2O8. The summed E-state index contributed by atoms with van der Waals surface area (Å²) in [7, 11) is 0. The van der Waals surface area contributed by atoms with Gasteiger partial charge in [0.15, 0.2) is 0 Å². The first-order valence-corrected chi connectivity index (χ1v) is 11.0. The maximum absolute atomic E-state index is 13.5. The number of fused-ring (bicyclic) bond motifs is 1. The van der Waals surface area contributed by atoms with Crippen molar-refractivity contribution < 1.29 is 38.9 Å². The molecule has 176 valence electrons. The van der Waals surface area contributed by atoms with E-state index in [2.05, 4.69) is 5.32 Å². The summed E-state index contributed by atoms with van der Waals surface area (Å²) in [5, 5.41) is 22.4. The van der Waals surface area contributed by atoms with Gasteiger partial charge in [-0.05, 0) is 30.5 Å². The Morgan fingerprint density at radius 1 is 1.06 bits per heavy atom. The minimum absolute atomic E-state index is 0.272. The van der Waals surface area contributed by atoms with Crippen LogP contribution in [0.25, 0.3) is 0 Å². The molecule has 1 aliphatic carbocycles. The molecule has 3 fully saturated rings. The van der Waals surface area contributed by atoms with Gasteiger partial charge in [0.1, 0.15) is 11.3 Å². The largest absolute Gasteiger partial charge is 0.481 e. The lowest BCUT2D eigenvalue weighted by Crippen LogP contribution is -2.57. The van der Waals surface area contributed by atoms with Crippen molar-refractivity contribution in [1.82, 2.24) is 10.2 Å². The van der Waals surface area contributed by atoms with E-state index < -0.39 is 59.6 Å². The van der Waals surface area contributed by atoms with Crippen LogP contribution < -0.4 is 10.1 Å². The Balaban J connectivity index is 1.76. The second kappa shape index (κ2) is 8.58. The standard InChI is InChI=1S/C23H26N2O8/c1-12(26)33-15-9-7-13(8-10-15)19-17-18(23(24-19,22(31)32)11-16(27)28)21(30)25(20(17)29)14-5-3-2-4-6-14/h7-10,14,17-19,24H,2-6,11H2,1H3,(H,27,28)(H,31,32). The third kappa shape index (κ3) is 3.88. The highest BCUT2D eigenvalue weighted by molar-refractivity contribution is 6.10. The van der Waals surface area contributed by atoms with Crippen molar-refractivity contribution >= 4 is 29.7 Å². The van der Waals surface area contributed by atoms with Crippen LogP contribution in [0.4, 0.5) is 0 Å². The number of benzene rings is 1. The van der Waals surface area contributed by atoms with E-state index in [0.29, 0.717) is 18.4 Å². The second-order valence-electron chi connectivity index (χ2n) is 8.97. The predicted molar refractivity (Wildman–Crippen MR) is 112 cm³/mol. The third-order valence-electron chi connectivity index (χ3n) is 6.94. The Labute approximate surface area is 189 Å². The fourth-order valence-electron chi connectivity index (χ4n) is 5.59. The van der Waals surface area contributed by atoms with E-state index in [-0.39, 0.29) is 11.8 Å². The maximum Gasteiger partial charge on any atom is 0.325 e. The number of likely N-dealkylation sites (tertiary alicyclic amines) is 1. The van der Waals surface area contributed by atoms with Crippen molar-refractivity contribution in [3.63, 3.8) is 0 Å². The molecule has 10 nitrogen and oxygen atoms in total. The summed E-state index contributed by atoms with van der Waals surface area (Å²) in [6.07, 6.45) is 3.22. The summed E-state index contributed by atoms with van der Waals surface area (Å²) >= 11 is 0. The number of amides is 2. The monoisotopic (exact) mass is 458 g/mol. The Hall–Kier alpha value is -3.27. The number of nitrogens with one attached hydrogen (secondary N) is 1. The number of aliphatic carboxylic acids is 2. The van der Waals surface area contributed by atoms with Crippen LogP contribution in [0.15, 0.2) is 24.3 Å². The van der Waals surface area contributed by atoms with Crippen LogP contribution in [0, 0.1) is 11.8 Å². The zero-order chi connectivity index (χ0) is 23.9. The van der Waals surface area contributed by atoms with Gasteiger partial charge in [0, 0.05) is 19.0 Å². The van der Waals surface area contributed by atoms with Gasteiger partial charge in [-0.3, -0.25) is 34.2 Å². The Bertz CT molecular complexity index is 1000. The topological polar surface area (TPSA) is 150 Å². The van der Waals surface area contributed by atoms with Crippen molar-refractivity contribution in [2.45, 2.75) is 63.1 Å². The number of nitrogens with zero attached hydrogens (tertiary/aromatic N) is 1. The van der Waals surface area contributed by atoms with Gasteiger partial charge in [-0.15, -0.1) is 0 Å². The fraction of sp³-hybridized carbons (Fsp3) is 0.522. The van der Waals surface area contributed by atoms with Gasteiger partial charge in [0.05, 0.1) is 18.3 Å². The van der Waals surface area contributed by atoms with Crippen LogP contribution in [0.3, 0.4) is 0 Å². The minimum Gasteiger partial charge on any atom is -0.481 e. The SMILES string of the molecule is CC(=O)Oc1ccc(C2NC(CC(=O)O)(C(=O)O)C3C(=O)N(C4CCCCC4)C(=O)C23)cc1. The van der Waals surface area contributed by atoms with Crippen molar-refractivity contribution in [2.75, 3.05) is 0 Å². The lowest BCUT2D eigenvalue weighted by Gasteiger charge is -2.34. The number of carbonyl (C=O) groups excluding carboxylic acids is 3. The first-order valence-electron chi connectivity index (χ1n) is 11.0. The first-order chi connectivity index (χ1) is 15.7. The molecule has 2 saturated heterocycles. The van der Waals surface area contributed by atoms with Gasteiger partial charge in [-0.25, -0.2) is 0 Å². The number of carboxylic acid groups (broad SMARTS) is 2. The average Bonchev–Trinajstić information content (AvgIpc) is 3.23. The molecule has 2 aliphatic heterocycles. The minimum atomic E-state index is -2.12. The van der Waals surface area contributed by atoms with E-state index in [1.165, 1.54) is 24.0 Å². The van der Waals surface area contributed by atoms with Gasteiger partial charge in [0.2, 0.25) is 11.8 Å².